The van der Waals surface area contributed by atoms with Crippen molar-refractivity contribution in [2.75, 3.05) is 0 Å². The molecule has 2 rings (SSSR count). The van der Waals surface area contributed by atoms with Crippen molar-refractivity contribution in [1.29, 1.82) is 0 Å². The molecular weight excluding hydrogens is 331 g/mol. The van der Waals surface area contributed by atoms with E-state index in [0.29, 0.717) is 5.56 Å². The molecule has 0 atom stereocenters. The summed E-state index contributed by atoms with van der Waals surface area (Å²) in [7, 11) is 0. The molecule has 24 heavy (non-hydrogen) atoms. The molecule has 0 unspecified atom stereocenters. The van der Waals surface area contributed by atoms with Crippen molar-refractivity contribution < 1.29 is 26.7 Å². The number of hydrogen-bond donors (Lipinski definition) is 1. The zero-order chi connectivity index (χ0) is 17.9. The van der Waals surface area contributed by atoms with Crippen molar-refractivity contribution in [1.82, 2.24) is 5.43 Å². The molecule has 0 radical (unpaired) electrons. The monoisotopic (exact) mass is 342 g/mol. The smallest absolute Gasteiger partial charge is 0.267 e. The summed E-state index contributed by atoms with van der Waals surface area (Å²) in [5.41, 5.74) is 1.39. The number of nitrogens with zero attached hydrogens (tertiary/aromatic N) is 1. The third-order valence-electron chi connectivity index (χ3n) is 3.12. The molecule has 0 aliphatic rings. The van der Waals surface area contributed by atoms with Crippen LogP contribution in [0.2, 0.25) is 0 Å². The van der Waals surface area contributed by atoms with Crippen LogP contribution in [0.1, 0.15) is 22.8 Å². The second kappa shape index (κ2) is 7.20. The van der Waals surface area contributed by atoms with E-state index < -0.39 is 47.0 Å². The Balaban J connectivity index is 2.18. The first-order valence-electron chi connectivity index (χ1n) is 6.71. The molecule has 0 bridgehead atoms. The molecule has 0 spiro atoms. The first-order chi connectivity index (χ1) is 11.3. The Morgan fingerprint density at radius 1 is 0.917 bits per heavy atom. The van der Waals surface area contributed by atoms with Crippen molar-refractivity contribution in [2.24, 2.45) is 5.10 Å². The minimum absolute atomic E-state index is 0.0394. The molecule has 0 aromatic heterocycles. The van der Waals surface area contributed by atoms with Crippen molar-refractivity contribution in [3.63, 3.8) is 0 Å². The van der Waals surface area contributed by atoms with Crippen LogP contribution in [0.15, 0.2) is 35.4 Å². The third-order valence-corrected chi connectivity index (χ3v) is 3.12. The molecule has 3 nitrogen and oxygen atoms in total. The van der Waals surface area contributed by atoms with Gasteiger partial charge in [0.2, 0.25) is 5.82 Å². The van der Waals surface area contributed by atoms with Crippen LogP contribution in [0, 0.1) is 29.1 Å². The Morgan fingerprint density at radius 3 is 1.96 bits per heavy atom. The van der Waals surface area contributed by atoms with Gasteiger partial charge in [-0.3, -0.25) is 4.79 Å². The topological polar surface area (TPSA) is 41.5 Å². The van der Waals surface area contributed by atoms with E-state index in [-0.39, 0.29) is 5.71 Å². The van der Waals surface area contributed by atoms with E-state index in [1.54, 1.807) is 18.2 Å². The molecule has 0 fully saturated rings. The van der Waals surface area contributed by atoms with E-state index in [2.05, 4.69) is 10.5 Å². The van der Waals surface area contributed by atoms with Gasteiger partial charge in [0.25, 0.3) is 5.91 Å². The van der Waals surface area contributed by atoms with Gasteiger partial charge in [0.15, 0.2) is 23.3 Å². The summed E-state index contributed by atoms with van der Waals surface area (Å²) in [5, 5.41) is 3.60. The number of halogens is 5. The maximum absolute atomic E-state index is 13.6. The lowest BCUT2D eigenvalue weighted by Gasteiger charge is -2.08. The van der Waals surface area contributed by atoms with Crippen LogP contribution in [0.25, 0.3) is 0 Å². The predicted octanol–water partition coefficient (Wildman–Crippen LogP) is 3.73. The summed E-state index contributed by atoms with van der Waals surface area (Å²) in [6.45, 7) is 1.28. The Bertz CT molecular complexity index is 777. The fourth-order valence-corrected chi connectivity index (χ4v) is 1.90. The zero-order valence-electron chi connectivity index (χ0n) is 12.3. The zero-order valence-corrected chi connectivity index (χ0v) is 12.3. The van der Waals surface area contributed by atoms with Crippen molar-refractivity contribution in [3.05, 3.63) is 70.5 Å². The number of rotatable bonds is 4. The number of amides is 1. The third kappa shape index (κ3) is 3.58. The largest absolute Gasteiger partial charge is 0.271 e. The highest BCUT2D eigenvalue weighted by molar-refractivity contribution is 5.95. The van der Waals surface area contributed by atoms with Crippen LogP contribution < -0.4 is 5.43 Å². The fraction of sp³-hybridized carbons (Fsp3) is 0.125. The Labute approximate surface area is 133 Å². The molecule has 0 saturated carbocycles. The van der Waals surface area contributed by atoms with Crippen LogP contribution in [0.4, 0.5) is 22.0 Å². The molecule has 8 heteroatoms. The number of hydrogen-bond acceptors (Lipinski definition) is 2. The minimum Gasteiger partial charge on any atom is -0.267 e. The minimum atomic E-state index is -2.22. The van der Waals surface area contributed by atoms with Crippen molar-refractivity contribution >= 4 is 11.6 Å². The summed E-state index contributed by atoms with van der Waals surface area (Å²) in [6, 6.07) is 7.99. The molecule has 0 aliphatic heterocycles. The van der Waals surface area contributed by atoms with E-state index in [1.165, 1.54) is 19.1 Å². The SMILES string of the molecule is CC(Cc1c(F)c(F)c(F)c(F)c1F)=NNC(=O)c1ccccc1. The van der Waals surface area contributed by atoms with Crippen molar-refractivity contribution in [3.8, 4) is 0 Å². The van der Waals surface area contributed by atoms with Crippen LogP contribution in [-0.2, 0) is 6.42 Å². The van der Waals surface area contributed by atoms with Gasteiger partial charge in [0, 0.05) is 23.3 Å². The highest BCUT2D eigenvalue weighted by Crippen LogP contribution is 2.23. The molecule has 0 aliphatic carbocycles. The lowest BCUT2D eigenvalue weighted by atomic mass is 10.1. The first kappa shape index (κ1) is 17.6. The summed E-state index contributed by atoms with van der Waals surface area (Å²) in [5.74, 6) is -10.7. The van der Waals surface area contributed by atoms with Crippen LogP contribution in [0.5, 0.6) is 0 Å². The van der Waals surface area contributed by atoms with Gasteiger partial charge < -0.3 is 0 Å². The molecular formula is C16H11F5N2O. The van der Waals surface area contributed by atoms with Gasteiger partial charge in [0.1, 0.15) is 0 Å². The van der Waals surface area contributed by atoms with Crippen LogP contribution in [0.3, 0.4) is 0 Å². The van der Waals surface area contributed by atoms with Gasteiger partial charge in [-0.15, -0.1) is 0 Å². The van der Waals surface area contributed by atoms with Crippen LogP contribution >= 0.6 is 0 Å². The van der Waals surface area contributed by atoms with Crippen molar-refractivity contribution in [2.45, 2.75) is 13.3 Å². The summed E-state index contributed by atoms with van der Waals surface area (Å²) < 4.78 is 66.3. The van der Waals surface area contributed by atoms with E-state index in [9.17, 15) is 26.7 Å². The Hall–Kier alpha value is -2.77. The average molecular weight is 342 g/mol. The van der Waals surface area contributed by atoms with Gasteiger partial charge in [-0.1, -0.05) is 18.2 Å². The quantitative estimate of drug-likeness (QED) is 0.297. The average Bonchev–Trinajstić information content (AvgIpc) is 2.60. The second-order valence-electron chi connectivity index (χ2n) is 4.88. The molecule has 0 saturated heterocycles. The highest BCUT2D eigenvalue weighted by atomic mass is 19.2. The standard InChI is InChI=1S/C16H11F5N2O/c1-8(22-23-16(24)9-5-3-2-4-6-9)7-10-11(17)13(19)15(21)14(20)12(10)18/h2-6H,7H2,1H3,(H,23,24). The number of nitrogens with one attached hydrogen (secondary N) is 1. The molecule has 1 N–H and O–H groups in total. The maximum atomic E-state index is 13.6. The Morgan fingerprint density at radius 2 is 1.42 bits per heavy atom. The normalized spacial score (nSPS) is 11.5. The van der Waals surface area contributed by atoms with Crippen LogP contribution in [-0.4, -0.2) is 11.6 Å². The Kier molecular flexibility index (Phi) is 5.28. The van der Waals surface area contributed by atoms with Gasteiger partial charge in [-0.2, -0.15) is 5.10 Å². The number of benzene rings is 2. The van der Waals surface area contributed by atoms with E-state index in [0.717, 1.165) is 0 Å². The molecule has 1 amide bonds. The predicted molar refractivity (Wildman–Crippen MR) is 77.0 cm³/mol. The highest BCUT2D eigenvalue weighted by Gasteiger charge is 2.25. The molecule has 126 valence electrons. The van der Waals surface area contributed by atoms with E-state index in [1.807, 2.05) is 0 Å². The number of carbonyl (C=O) groups excluding carboxylic acids is 1. The summed E-state index contributed by atoms with van der Waals surface area (Å²) in [4.78, 5) is 11.8. The molecule has 2 aromatic rings. The second-order valence-corrected chi connectivity index (χ2v) is 4.88. The summed E-state index contributed by atoms with van der Waals surface area (Å²) >= 11 is 0. The van der Waals surface area contributed by atoms with Gasteiger partial charge in [-0.25, -0.2) is 27.4 Å². The first-order valence-corrected chi connectivity index (χ1v) is 6.71. The van der Waals surface area contributed by atoms with E-state index >= 15 is 0 Å². The van der Waals surface area contributed by atoms with Gasteiger partial charge in [0.05, 0.1) is 0 Å². The van der Waals surface area contributed by atoms with E-state index in [4.69, 9.17) is 0 Å². The lowest BCUT2D eigenvalue weighted by Crippen LogP contribution is -2.20. The van der Waals surface area contributed by atoms with Gasteiger partial charge in [-0.05, 0) is 19.1 Å². The fourth-order valence-electron chi connectivity index (χ4n) is 1.90. The lowest BCUT2D eigenvalue weighted by molar-refractivity contribution is 0.0954. The maximum Gasteiger partial charge on any atom is 0.271 e. The molecule has 0 heterocycles. The molecule has 2 aromatic carbocycles. The number of carbonyl (C=O) groups is 1. The van der Waals surface area contributed by atoms with Gasteiger partial charge >= 0.3 is 0 Å². The summed E-state index contributed by atoms with van der Waals surface area (Å²) in [6.07, 6.45) is -0.652. The number of hydrazone groups is 1.